The molecule has 0 spiro atoms. The Balaban J connectivity index is 1.33. The van der Waals surface area contributed by atoms with Crippen LogP contribution in [0, 0.1) is 5.92 Å². The molecule has 2 saturated heterocycles. The summed E-state index contributed by atoms with van der Waals surface area (Å²) in [5.74, 6) is 0.602. The molecule has 4 nitrogen and oxygen atoms in total. The Morgan fingerprint density at radius 2 is 1.86 bits per heavy atom. The van der Waals surface area contributed by atoms with Crippen LogP contribution in [-0.4, -0.2) is 27.3 Å². The molecule has 0 aromatic heterocycles. The molecule has 120 valence electrons. The summed E-state index contributed by atoms with van der Waals surface area (Å²) < 4.78 is 17.1. The maximum absolute atomic E-state index is 12.0. The molecule has 1 N–H and O–H groups in total. The molecule has 2 aliphatic heterocycles. The number of rotatable bonds is 5. The van der Waals surface area contributed by atoms with Crippen molar-refractivity contribution in [2.24, 2.45) is 5.92 Å². The molecule has 1 amide bonds. The lowest BCUT2D eigenvalue weighted by atomic mass is 9.96. The third-order valence-corrected chi connectivity index (χ3v) is 6.87. The molecule has 1 aromatic carbocycles. The maximum Gasteiger partial charge on any atom is 0.407 e. The van der Waals surface area contributed by atoms with Gasteiger partial charge in [-0.1, -0.05) is 30.3 Å². The summed E-state index contributed by atoms with van der Waals surface area (Å²) in [6, 6.07) is 9.67. The second-order valence-electron chi connectivity index (χ2n) is 6.26. The topological polar surface area (TPSA) is 55.4 Å². The number of carbonyl (C=O) groups is 1. The summed E-state index contributed by atoms with van der Waals surface area (Å²) in [5, 5.41) is 3.65. The number of ether oxygens (including phenoxy) is 1. The van der Waals surface area contributed by atoms with Gasteiger partial charge < -0.3 is 10.1 Å². The molecule has 1 aromatic rings. The van der Waals surface area contributed by atoms with Gasteiger partial charge in [-0.2, -0.15) is 0 Å². The van der Waals surface area contributed by atoms with Gasteiger partial charge in [0.1, 0.15) is 6.61 Å². The summed E-state index contributed by atoms with van der Waals surface area (Å²) in [7, 11) is -0.590. The van der Waals surface area contributed by atoms with Crippen molar-refractivity contribution in [3.05, 3.63) is 35.9 Å². The fraction of sp³-hybridized carbons (Fsp3) is 0.588. The van der Waals surface area contributed by atoms with E-state index in [-0.39, 0.29) is 6.09 Å². The summed E-state index contributed by atoms with van der Waals surface area (Å²) in [4.78, 5) is 11.7. The van der Waals surface area contributed by atoms with Crippen molar-refractivity contribution in [3.63, 3.8) is 0 Å². The van der Waals surface area contributed by atoms with Crippen LogP contribution in [0.4, 0.5) is 4.79 Å². The number of alkyl carbamates (subject to hydrolysis) is 1. The van der Waals surface area contributed by atoms with Crippen LogP contribution in [0.1, 0.15) is 37.7 Å². The molecule has 2 atom stereocenters. The molecule has 22 heavy (non-hydrogen) atoms. The standard InChI is InChI=1S/C17H23NO3S/c19-17(21-12-13-4-2-1-3-5-13)18-9-8-14-10-15-6-7-16(11-14)22(15)20/h1-5,14-16H,6-12H2,(H,18,19). The van der Waals surface area contributed by atoms with E-state index in [1.165, 1.54) is 0 Å². The number of hydrogen-bond donors (Lipinski definition) is 1. The van der Waals surface area contributed by atoms with E-state index in [0.717, 1.165) is 37.7 Å². The average molecular weight is 321 g/mol. The maximum atomic E-state index is 12.0. The minimum Gasteiger partial charge on any atom is -0.445 e. The fourth-order valence-electron chi connectivity index (χ4n) is 3.53. The van der Waals surface area contributed by atoms with E-state index in [4.69, 9.17) is 4.74 Å². The van der Waals surface area contributed by atoms with Crippen LogP contribution < -0.4 is 5.32 Å². The highest BCUT2D eigenvalue weighted by molar-refractivity contribution is 7.86. The molecular weight excluding hydrogens is 298 g/mol. The summed E-state index contributed by atoms with van der Waals surface area (Å²) in [6.07, 6.45) is 4.98. The van der Waals surface area contributed by atoms with Crippen LogP contribution in [0.2, 0.25) is 0 Å². The van der Waals surface area contributed by atoms with Crippen molar-refractivity contribution in [2.75, 3.05) is 6.54 Å². The Morgan fingerprint density at radius 3 is 2.55 bits per heavy atom. The zero-order valence-electron chi connectivity index (χ0n) is 12.7. The molecule has 2 bridgehead atoms. The van der Waals surface area contributed by atoms with Gasteiger partial charge in [0.2, 0.25) is 0 Å². The molecule has 0 saturated carbocycles. The van der Waals surface area contributed by atoms with Crippen LogP contribution >= 0.6 is 0 Å². The Bertz CT molecular complexity index is 518. The molecular formula is C17H23NO3S. The van der Waals surface area contributed by atoms with Crippen LogP contribution in [0.3, 0.4) is 0 Å². The minimum absolute atomic E-state index is 0.305. The van der Waals surface area contributed by atoms with Gasteiger partial charge in [0, 0.05) is 27.8 Å². The normalized spacial score (nSPS) is 30.0. The first-order chi connectivity index (χ1) is 10.7. The van der Waals surface area contributed by atoms with Gasteiger partial charge in [-0.3, -0.25) is 4.21 Å². The van der Waals surface area contributed by atoms with Crippen molar-refractivity contribution in [3.8, 4) is 0 Å². The lowest BCUT2D eigenvalue weighted by Crippen LogP contribution is -2.31. The quantitative estimate of drug-likeness (QED) is 0.907. The third kappa shape index (κ3) is 3.88. The predicted molar refractivity (Wildman–Crippen MR) is 86.9 cm³/mol. The number of hydrogen-bond acceptors (Lipinski definition) is 3. The van der Waals surface area contributed by atoms with E-state index >= 15 is 0 Å². The van der Waals surface area contributed by atoms with Gasteiger partial charge in [0.15, 0.2) is 0 Å². The van der Waals surface area contributed by atoms with Gasteiger partial charge in [0.25, 0.3) is 0 Å². The van der Waals surface area contributed by atoms with Crippen LogP contribution in [-0.2, 0) is 22.1 Å². The van der Waals surface area contributed by atoms with Gasteiger partial charge >= 0.3 is 6.09 Å². The van der Waals surface area contributed by atoms with Crippen molar-refractivity contribution >= 4 is 16.9 Å². The van der Waals surface area contributed by atoms with Crippen molar-refractivity contribution in [1.82, 2.24) is 5.32 Å². The largest absolute Gasteiger partial charge is 0.445 e. The van der Waals surface area contributed by atoms with Crippen molar-refractivity contribution in [1.29, 1.82) is 0 Å². The third-order valence-electron chi connectivity index (χ3n) is 4.69. The van der Waals surface area contributed by atoms with E-state index in [1.807, 2.05) is 30.3 Å². The van der Waals surface area contributed by atoms with Crippen LogP contribution in [0.15, 0.2) is 30.3 Å². The SMILES string of the molecule is O=C(NCCC1CC2CCC(C1)S2=O)OCc1ccccc1. The Morgan fingerprint density at radius 1 is 1.18 bits per heavy atom. The summed E-state index contributed by atoms with van der Waals surface area (Å²) in [5.41, 5.74) is 0.990. The second kappa shape index (κ2) is 7.27. The second-order valence-corrected chi connectivity index (χ2v) is 8.25. The molecule has 0 aliphatic carbocycles. The molecule has 3 rings (SSSR count). The number of amides is 1. The molecule has 5 heteroatoms. The van der Waals surface area contributed by atoms with Crippen LogP contribution in [0.5, 0.6) is 0 Å². The van der Waals surface area contributed by atoms with E-state index in [9.17, 15) is 9.00 Å². The lowest BCUT2D eigenvalue weighted by Gasteiger charge is -2.27. The first-order valence-corrected chi connectivity index (χ1v) is 9.34. The lowest BCUT2D eigenvalue weighted by molar-refractivity contribution is 0.139. The highest BCUT2D eigenvalue weighted by atomic mass is 32.2. The number of fused-ring (bicyclic) bond motifs is 2. The van der Waals surface area contributed by atoms with E-state index in [0.29, 0.717) is 29.6 Å². The Kier molecular flexibility index (Phi) is 5.13. The average Bonchev–Trinajstić information content (AvgIpc) is 2.76. The zero-order chi connectivity index (χ0) is 15.4. The molecule has 0 radical (unpaired) electrons. The number of nitrogens with one attached hydrogen (secondary N) is 1. The van der Waals surface area contributed by atoms with E-state index in [1.54, 1.807) is 0 Å². The van der Waals surface area contributed by atoms with E-state index in [2.05, 4.69) is 5.32 Å². The summed E-state index contributed by atoms with van der Waals surface area (Å²) >= 11 is 0. The monoisotopic (exact) mass is 321 g/mol. The van der Waals surface area contributed by atoms with Crippen molar-refractivity contribution in [2.45, 2.75) is 49.2 Å². The first-order valence-electron chi connectivity index (χ1n) is 8.06. The fourth-order valence-corrected chi connectivity index (χ4v) is 5.73. The molecule has 2 aliphatic rings. The van der Waals surface area contributed by atoms with Gasteiger partial charge in [-0.25, -0.2) is 4.79 Å². The van der Waals surface area contributed by atoms with Gasteiger partial charge in [-0.15, -0.1) is 0 Å². The van der Waals surface area contributed by atoms with Crippen LogP contribution in [0.25, 0.3) is 0 Å². The smallest absolute Gasteiger partial charge is 0.407 e. The predicted octanol–water partition coefficient (Wildman–Crippen LogP) is 2.99. The number of benzene rings is 1. The number of carbonyl (C=O) groups excluding carboxylic acids is 1. The van der Waals surface area contributed by atoms with Crippen molar-refractivity contribution < 1.29 is 13.7 Å². The Labute approximate surface area is 134 Å². The zero-order valence-corrected chi connectivity index (χ0v) is 13.5. The first kappa shape index (κ1) is 15.5. The highest BCUT2D eigenvalue weighted by Crippen LogP contribution is 2.39. The minimum atomic E-state index is -0.590. The summed E-state index contributed by atoms with van der Waals surface area (Å²) in [6.45, 7) is 0.948. The Hall–Kier alpha value is -1.36. The molecule has 2 fully saturated rings. The highest BCUT2D eigenvalue weighted by Gasteiger charge is 2.40. The molecule has 2 unspecified atom stereocenters. The van der Waals surface area contributed by atoms with E-state index < -0.39 is 10.8 Å². The van der Waals surface area contributed by atoms with Gasteiger partial charge in [-0.05, 0) is 43.6 Å². The van der Waals surface area contributed by atoms with Gasteiger partial charge in [0.05, 0.1) is 0 Å². The molecule has 2 heterocycles.